The minimum absolute atomic E-state index is 0. The van der Waals surface area contributed by atoms with Crippen LogP contribution in [0.4, 0.5) is 0 Å². The maximum Gasteiger partial charge on any atom is 0.377 e. The molecule has 4 rings (SSSR count). The molecule has 0 bridgehead atoms. The van der Waals surface area contributed by atoms with E-state index >= 15 is 0 Å². The monoisotopic (exact) mass is 802 g/mol. The normalized spacial score (nSPS) is 25.3. The molecule has 8 atom stereocenters. The van der Waals surface area contributed by atoms with Crippen molar-refractivity contribution in [1.29, 1.82) is 0 Å². The van der Waals surface area contributed by atoms with Crippen LogP contribution in [0.25, 0.3) is 0 Å². The summed E-state index contributed by atoms with van der Waals surface area (Å²) in [6.45, 7) is -2.69. The summed E-state index contributed by atoms with van der Waals surface area (Å²) < 4.78 is 17.3. The first kappa shape index (κ1) is 44.6. The summed E-state index contributed by atoms with van der Waals surface area (Å²) in [7, 11) is 0. The van der Waals surface area contributed by atoms with E-state index in [1.54, 1.807) is 0 Å². The van der Waals surface area contributed by atoms with Gasteiger partial charge in [0, 0.05) is 21.1 Å². The second-order valence-electron chi connectivity index (χ2n) is 9.24. The molecule has 0 amide bonds. The smallest absolute Gasteiger partial charge is 0.377 e. The Morgan fingerprint density at radius 3 is 0.612 bits per heavy atom. The van der Waals surface area contributed by atoms with E-state index in [2.05, 4.69) is 18.9 Å². The summed E-state index contributed by atoms with van der Waals surface area (Å²) in [6.07, 6.45) is -11.1. The number of carbonyl (C=O) groups is 4. The molecule has 0 aromatic heterocycles. The molecule has 0 aromatic carbocycles. The summed E-state index contributed by atoms with van der Waals surface area (Å²) in [5, 5.41) is 140. The number of hydrogen-bond donors (Lipinski definition) is 16. The third kappa shape index (κ3) is 10.8. The van der Waals surface area contributed by atoms with Crippen LogP contribution in [0.15, 0.2) is 46.1 Å². The van der Waals surface area contributed by atoms with E-state index in [1.807, 2.05) is 0 Å². The van der Waals surface area contributed by atoms with E-state index in [0.29, 0.717) is 0 Å². The second kappa shape index (κ2) is 19.6. The molecule has 25 heteroatoms. The van der Waals surface area contributed by atoms with Crippen molar-refractivity contribution >= 4 is 23.9 Å². The minimum atomic E-state index is -1.42. The molecule has 0 fully saturated rings. The standard InChI is InChI=1S/4C6H8O6.Mo/c4*7-1-2(8)5-3(9)4(10)6(11)12-5;/h4*2,5,7-10H,1H2;/t4*2-,5+;/m0000./s1. The molecule has 278 valence electrons. The third-order valence-electron chi connectivity index (χ3n) is 5.90. The van der Waals surface area contributed by atoms with Crippen LogP contribution < -0.4 is 0 Å². The van der Waals surface area contributed by atoms with Gasteiger partial charge in [0.1, 0.15) is 24.4 Å². The van der Waals surface area contributed by atoms with Gasteiger partial charge in [0.05, 0.1) is 26.4 Å². The van der Waals surface area contributed by atoms with E-state index in [4.69, 9.17) is 81.7 Å². The first-order chi connectivity index (χ1) is 22.3. The van der Waals surface area contributed by atoms with Gasteiger partial charge in [-0.3, -0.25) is 0 Å². The largest absolute Gasteiger partial charge is 0.505 e. The molecule has 0 radical (unpaired) electrons. The van der Waals surface area contributed by atoms with Crippen LogP contribution >= 0.6 is 0 Å². The average molecular weight is 800 g/mol. The number of aliphatic hydroxyl groups is 16. The van der Waals surface area contributed by atoms with Crippen LogP contribution in [-0.2, 0) is 59.2 Å². The Labute approximate surface area is 286 Å². The first-order valence-corrected chi connectivity index (χ1v) is 12.8. The second-order valence-corrected chi connectivity index (χ2v) is 9.24. The van der Waals surface area contributed by atoms with E-state index in [0.717, 1.165) is 0 Å². The molecule has 4 heterocycles. The summed E-state index contributed by atoms with van der Waals surface area (Å²) >= 11 is 0. The van der Waals surface area contributed by atoms with Gasteiger partial charge in [-0.05, 0) is 0 Å². The van der Waals surface area contributed by atoms with E-state index in [-0.39, 0.29) is 21.1 Å². The Kier molecular flexibility index (Phi) is 17.8. The van der Waals surface area contributed by atoms with Gasteiger partial charge in [-0.2, -0.15) is 0 Å². The van der Waals surface area contributed by atoms with Crippen molar-refractivity contribution in [1.82, 2.24) is 0 Å². The summed E-state index contributed by atoms with van der Waals surface area (Å²) in [5.74, 6) is -11.1. The number of hydrogen-bond acceptors (Lipinski definition) is 24. The molecule has 0 saturated heterocycles. The topological polar surface area (TPSA) is 429 Å². The van der Waals surface area contributed by atoms with Gasteiger partial charge in [-0.25, -0.2) is 19.2 Å². The predicted octanol–water partition coefficient (Wildman–Crippen LogP) is -5.63. The van der Waals surface area contributed by atoms with Crippen LogP contribution in [-0.4, -0.2) is 181 Å². The molecule has 4 aliphatic rings. The molecule has 0 aromatic rings. The summed E-state index contributed by atoms with van der Waals surface area (Å²) in [4.78, 5) is 42.1. The first-order valence-electron chi connectivity index (χ1n) is 12.8. The van der Waals surface area contributed by atoms with Crippen molar-refractivity contribution < 1.29 is 141 Å². The fourth-order valence-electron chi connectivity index (χ4n) is 3.29. The molecule has 49 heavy (non-hydrogen) atoms. The Morgan fingerprint density at radius 1 is 0.388 bits per heavy atom. The van der Waals surface area contributed by atoms with Crippen molar-refractivity contribution in [3.8, 4) is 0 Å². The predicted molar refractivity (Wildman–Crippen MR) is 141 cm³/mol. The van der Waals surface area contributed by atoms with Gasteiger partial charge < -0.3 is 101 Å². The van der Waals surface area contributed by atoms with Gasteiger partial charge in [0.25, 0.3) is 0 Å². The third-order valence-corrected chi connectivity index (χ3v) is 5.90. The zero-order chi connectivity index (χ0) is 37.2. The van der Waals surface area contributed by atoms with Crippen LogP contribution in [0.3, 0.4) is 0 Å². The number of rotatable bonds is 8. The van der Waals surface area contributed by atoms with Crippen molar-refractivity contribution in [2.24, 2.45) is 0 Å². The quantitative estimate of drug-likeness (QED) is 0.0618. The maximum absolute atomic E-state index is 10.5. The Balaban J connectivity index is 0.000000623. The van der Waals surface area contributed by atoms with E-state index < -0.39 is 145 Å². The van der Waals surface area contributed by atoms with Gasteiger partial charge in [0.15, 0.2) is 47.5 Å². The molecule has 0 unspecified atom stereocenters. The summed E-state index contributed by atoms with van der Waals surface area (Å²) in [5.41, 5.74) is 0. The van der Waals surface area contributed by atoms with Gasteiger partial charge >= 0.3 is 23.9 Å². The fourth-order valence-corrected chi connectivity index (χ4v) is 3.29. The Bertz CT molecular complexity index is 1140. The number of cyclic esters (lactones) is 4. The van der Waals surface area contributed by atoms with E-state index in [9.17, 15) is 19.2 Å². The van der Waals surface area contributed by atoms with Crippen molar-refractivity contribution in [2.75, 3.05) is 26.4 Å². The molecule has 4 aliphatic heterocycles. The minimum Gasteiger partial charge on any atom is -0.505 e. The summed E-state index contributed by atoms with van der Waals surface area (Å²) in [6, 6.07) is 0. The van der Waals surface area contributed by atoms with Crippen molar-refractivity contribution in [2.45, 2.75) is 48.8 Å². The molecule has 0 saturated carbocycles. The number of esters is 4. The van der Waals surface area contributed by atoms with Gasteiger partial charge in [-0.1, -0.05) is 0 Å². The van der Waals surface area contributed by atoms with Crippen LogP contribution in [0, 0.1) is 0 Å². The van der Waals surface area contributed by atoms with Crippen LogP contribution in [0.5, 0.6) is 0 Å². The van der Waals surface area contributed by atoms with Crippen molar-refractivity contribution in [3.05, 3.63) is 46.1 Å². The van der Waals surface area contributed by atoms with Crippen molar-refractivity contribution in [3.63, 3.8) is 0 Å². The van der Waals surface area contributed by atoms with Gasteiger partial charge in [-0.15, -0.1) is 0 Å². The molecular formula is C24H32MoO24. The molecule has 0 aliphatic carbocycles. The fraction of sp³-hybridized carbons (Fsp3) is 0.500. The SMILES string of the molecule is O=C1O[C@H]([C@@H](O)CO)C(O)=C1O.O=C1O[C@H]([C@@H](O)CO)C(O)=C1O.O=C1O[C@H]([C@@H](O)CO)C(O)=C1O.O=C1O[C@H]([C@@H](O)CO)C(O)=C1O.[Mo]. The van der Waals surface area contributed by atoms with Gasteiger partial charge in [0.2, 0.25) is 23.0 Å². The molecule has 24 nitrogen and oxygen atoms in total. The van der Waals surface area contributed by atoms with E-state index in [1.165, 1.54) is 0 Å². The number of ether oxygens (including phenoxy) is 4. The maximum atomic E-state index is 10.5. The Morgan fingerprint density at radius 2 is 0.531 bits per heavy atom. The molecular weight excluding hydrogens is 768 g/mol. The molecule has 0 spiro atoms. The zero-order valence-corrected chi connectivity index (χ0v) is 26.3. The number of carbonyl (C=O) groups excluding carboxylic acids is 4. The zero-order valence-electron chi connectivity index (χ0n) is 24.3. The van der Waals surface area contributed by atoms with Crippen LogP contribution in [0.1, 0.15) is 0 Å². The Hall–Kier alpha value is -4.39. The van der Waals surface area contributed by atoms with Crippen LogP contribution in [0.2, 0.25) is 0 Å². The number of aliphatic hydroxyl groups excluding tert-OH is 16. The molecule has 16 N–H and O–H groups in total. The average Bonchev–Trinajstić information content (AvgIpc) is 3.70.